The average Bonchev–Trinajstić information content (AvgIpc) is 2.96. The molecule has 1 aromatic heterocycles. The zero-order valence-corrected chi connectivity index (χ0v) is 11.6. The molecule has 3 rings (SSSR count). The first-order valence-electron chi connectivity index (χ1n) is 5.90. The number of fused-ring (bicyclic) bond motifs is 1. The number of halogens is 1. The highest BCUT2D eigenvalue weighted by Gasteiger charge is 2.17. The van der Waals surface area contributed by atoms with Crippen molar-refractivity contribution in [2.45, 2.75) is 19.9 Å². The van der Waals surface area contributed by atoms with E-state index in [1.54, 1.807) is 0 Å². The molecule has 4 nitrogen and oxygen atoms in total. The molecule has 0 bridgehead atoms. The highest BCUT2D eigenvalue weighted by Crippen LogP contribution is 2.40. The number of benzene rings is 1. The highest BCUT2D eigenvalue weighted by molar-refractivity contribution is 9.10. The Morgan fingerprint density at radius 3 is 2.89 bits per heavy atom. The standard InChI is InChI=1S/C13H13BrN2O2/c1-2-3-16-7-9(6-15-16)10-4-12-13(5-11(10)14)18-8-17-12/h4-7H,2-3,8H2,1H3. The molecule has 94 valence electrons. The van der Waals surface area contributed by atoms with E-state index in [0.717, 1.165) is 40.1 Å². The number of aromatic nitrogens is 2. The highest BCUT2D eigenvalue weighted by atomic mass is 79.9. The smallest absolute Gasteiger partial charge is 0.231 e. The van der Waals surface area contributed by atoms with E-state index in [2.05, 4.69) is 28.0 Å². The molecular formula is C13H13BrN2O2. The minimum atomic E-state index is 0.292. The van der Waals surface area contributed by atoms with Gasteiger partial charge in [-0.15, -0.1) is 0 Å². The number of rotatable bonds is 3. The van der Waals surface area contributed by atoms with E-state index in [1.807, 2.05) is 29.2 Å². The van der Waals surface area contributed by atoms with Crippen LogP contribution in [0.4, 0.5) is 0 Å². The third kappa shape index (κ3) is 1.99. The molecule has 0 saturated carbocycles. The second kappa shape index (κ2) is 4.65. The Morgan fingerprint density at radius 2 is 2.11 bits per heavy atom. The molecule has 1 aliphatic heterocycles. The third-order valence-electron chi connectivity index (χ3n) is 2.86. The minimum absolute atomic E-state index is 0.292. The van der Waals surface area contributed by atoms with Crippen LogP contribution in [0.3, 0.4) is 0 Å². The summed E-state index contributed by atoms with van der Waals surface area (Å²) in [6.07, 6.45) is 4.99. The Morgan fingerprint density at radius 1 is 1.33 bits per heavy atom. The Bertz CT molecular complexity index is 580. The van der Waals surface area contributed by atoms with Crippen molar-refractivity contribution in [1.29, 1.82) is 0 Å². The SMILES string of the molecule is CCCn1cc(-c2cc3c(cc2Br)OCO3)cn1. The molecule has 0 aliphatic carbocycles. The normalized spacial score (nSPS) is 13.0. The summed E-state index contributed by atoms with van der Waals surface area (Å²) in [5.41, 5.74) is 2.15. The minimum Gasteiger partial charge on any atom is -0.454 e. The van der Waals surface area contributed by atoms with Crippen molar-refractivity contribution in [1.82, 2.24) is 9.78 Å². The summed E-state index contributed by atoms with van der Waals surface area (Å²) in [7, 11) is 0. The third-order valence-corrected chi connectivity index (χ3v) is 3.52. The van der Waals surface area contributed by atoms with Crippen LogP contribution in [0.2, 0.25) is 0 Å². The van der Waals surface area contributed by atoms with Crippen molar-refractivity contribution < 1.29 is 9.47 Å². The lowest BCUT2D eigenvalue weighted by Gasteiger charge is -2.04. The van der Waals surface area contributed by atoms with Gasteiger partial charge in [-0.25, -0.2) is 0 Å². The van der Waals surface area contributed by atoms with Gasteiger partial charge in [-0.3, -0.25) is 4.68 Å². The fourth-order valence-electron chi connectivity index (χ4n) is 1.99. The van der Waals surface area contributed by atoms with Gasteiger partial charge in [-0.05, 0) is 18.6 Å². The van der Waals surface area contributed by atoms with Crippen molar-refractivity contribution in [2.75, 3.05) is 6.79 Å². The van der Waals surface area contributed by atoms with Gasteiger partial charge in [0.05, 0.1) is 6.20 Å². The summed E-state index contributed by atoms with van der Waals surface area (Å²) >= 11 is 3.56. The number of hydrogen-bond acceptors (Lipinski definition) is 3. The molecule has 0 amide bonds. The lowest BCUT2D eigenvalue weighted by molar-refractivity contribution is 0.174. The van der Waals surface area contributed by atoms with Gasteiger partial charge < -0.3 is 9.47 Å². The molecule has 0 radical (unpaired) electrons. The van der Waals surface area contributed by atoms with Crippen LogP contribution in [0.5, 0.6) is 11.5 Å². The Kier molecular flexibility index (Phi) is 2.99. The van der Waals surface area contributed by atoms with E-state index in [4.69, 9.17) is 9.47 Å². The van der Waals surface area contributed by atoms with Crippen molar-refractivity contribution in [3.8, 4) is 22.6 Å². The topological polar surface area (TPSA) is 36.3 Å². The maximum absolute atomic E-state index is 5.40. The van der Waals surface area contributed by atoms with Gasteiger partial charge in [0.1, 0.15) is 0 Å². The molecule has 1 aromatic carbocycles. The molecule has 0 N–H and O–H groups in total. The van der Waals surface area contributed by atoms with Gasteiger partial charge in [0, 0.05) is 28.3 Å². The van der Waals surface area contributed by atoms with E-state index >= 15 is 0 Å². The van der Waals surface area contributed by atoms with E-state index in [9.17, 15) is 0 Å². The summed E-state index contributed by atoms with van der Waals surface area (Å²) in [4.78, 5) is 0. The van der Waals surface area contributed by atoms with Crippen LogP contribution in [-0.4, -0.2) is 16.6 Å². The molecule has 0 atom stereocenters. The van der Waals surface area contributed by atoms with Gasteiger partial charge in [0.25, 0.3) is 0 Å². The zero-order chi connectivity index (χ0) is 12.5. The summed E-state index contributed by atoms with van der Waals surface area (Å²) in [5, 5.41) is 4.34. The van der Waals surface area contributed by atoms with Crippen molar-refractivity contribution in [3.63, 3.8) is 0 Å². The van der Waals surface area contributed by atoms with Crippen LogP contribution >= 0.6 is 15.9 Å². The van der Waals surface area contributed by atoms with Crippen LogP contribution in [0.25, 0.3) is 11.1 Å². The second-order valence-electron chi connectivity index (χ2n) is 4.18. The quantitative estimate of drug-likeness (QED) is 0.871. The van der Waals surface area contributed by atoms with Gasteiger partial charge in [-0.2, -0.15) is 5.10 Å². The largest absolute Gasteiger partial charge is 0.454 e. The fourth-order valence-corrected chi connectivity index (χ4v) is 2.54. The molecule has 1 aliphatic rings. The van der Waals surface area contributed by atoms with Crippen LogP contribution < -0.4 is 9.47 Å². The number of ether oxygens (including phenoxy) is 2. The van der Waals surface area contributed by atoms with Gasteiger partial charge >= 0.3 is 0 Å². The van der Waals surface area contributed by atoms with Crippen LogP contribution in [0, 0.1) is 0 Å². The molecule has 0 unspecified atom stereocenters. The zero-order valence-electron chi connectivity index (χ0n) is 10.0. The van der Waals surface area contributed by atoms with Crippen LogP contribution in [0.15, 0.2) is 29.0 Å². The van der Waals surface area contributed by atoms with Gasteiger partial charge in [0.15, 0.2) is 11.5 Å². The number of hydrogen-bond donors (Lipinski definition) is 0. The molecule has 5 heteroatoms. The molecule has 0 saturated heterocycles. The lowest BCUT2D eigenvalue weighted by Crippen LogP contribution is -1.95. The molecule has 2 aromatic rings. The monoisotopic (exact) mass is 308 g/mol. The Labute approximate surface area is 114 Å². The van der Waals surface area contributed by atoms with Crippen LogP contribution in [0.1, 0.15) is 13.3 Å². The fraction of sp³-hybridized carbons (Fsp3) is 0.308. The van der Waals surface area contributed by atoms with Gasteiger partial charge in [0.2, 0.25) is 6.79 Å². The van der Waals surface area contributed by atoms with E-state index in [-0.39, 0.29) is 0 Å². The van der Waals surface area contributed by atoms with E-state index < -0.39 is 0 Å². The summed E-state index contributed by atoms with van der Waals surface area (Å²) in [6, 6.07) is 3.93. The molecule has 18 heavy (non-hydrogen) atoms. The molecule has 2 heterocycles. The lowest BCUT2D eigenvalue weighted by atomic mass is 10.1. The van der Waals surface area contributed by atoms with E-state index in [1.165, 1.54) is 0 Å². The predicted molar refractivity (Wildman–Crippen MR) is 71.8 cm³/mol. The molecule has 0 spiro atoms. The van der Waals surface area contributed by atoms with Crippen molar-refractivity contribution >= 4 is 15.9 Å². The Balaban J connectivity index is 2.00. The first-order chi connectivity index (χ1) is 8.78. The maximum Gasteiger partial charge on any atom is 0.231 e. The Hall–Kier alpha value is -1.49. The maximum atomic E-state index is 5.40. The first-order valence-corrected chi connectivity index (χ1v) is 6.69. The number of aryl methyl sites for hydroxylation is 1. The molecule has 0 fully saturated rings. The van der Waals surface area contributed by atoms with Crippen LogP contribution in [-0.2, 0) is 6.54 Å². The molecular weight excluding hydrogens is 296 g/mol. The summed E-state index contributed by atoms with van der Waals surface area (Å²) in [6.45, 7) is 3.36. The number of nitrogens with zero attached hydrogens (tertiary/aromatic N) is 2. The summed E-state index contributed by atoms with van der Waals surface area (Å²) in [5.74, 6) is 1.57. The van der Waals surface area contributed by atoms with Crippen molar-refractivity contribution in [2.24, 2.45) is 0 Å². The predicted octanol–water partition coefficient (Wildman–Crippen LogP) is 3.45. The van der Waals surface area contributed by atoms with Crippen molar-refractivity contribution in [3.05, 3.63) is 29.0 Å². The second-order valence-corrected chi connectivity index (χ2v) is 5.03. The summed E-state index contributed by atoms with van der Waals surface area (Å²) < 4.78 is 13.7. The first kappa shape index (κ1) is 11.6. The van der Waals surface area contributed by atoms with E-state index in [0.29, 0.717) is 6.79 Å². The average molecular weight is 309 g/mol. The van der Waals surface area contributed by atoms with Gasteiger partial charge in [-0.1, -0.05) is 22.9 Å².